The molecule has 1 atom stereocenters. The lowest BCUT2D eigenvalue weighted by atomic mass is 10.1. The highest BCUT2D eigenvalue weighted by molar-refractivity contribution is 7.91. The third kappa shape index (κ3) is 5.94. The van der Waals surface area contributed by atoms with Crippen LogP contribution in [0, 0.1) is 13.8 Å². The van der Waals surface area contributed by atoms with Gasteiger partial charge >= 0.3 is 0 Å². The highest BCUT2D eigenvalue weighted by Crippen LogP contribution is 2.21. The van der Waals surface area contributed by atoms with E-state index >= 15 is 0 Å². The zero-order valence-corrected chi connectivity index (χ0v) is 17.2. The fraction of sp³-hybridized carbons (Fsp3) is 0.611. The molecular formula is C18H29N3O2S2. The normalized spacial score (nSPS) is 19.2. The maximum absolute atomic E-state index is 11.9. The summed E-state index contributed by atoms with van der Waals surface area (Å²) < 4.78 is 23.8. The summed E-state index contributed by atoms with van der Waals surface area (Å²) in [5.74, 6) is 0.456. The molecule has 2 rings (SSSR count). The predicted molar refractivity (Wildman–Crippen MR) is 109 cm³/mol. The fourth-order valence-corrected chi connectivity index (χ4v) is 5.13. The fourth-order valence-electron chi connectivity index (χ4n) is 3.04. The van der Waals surface area contributed by atoms with E-state index < -0.39 is 9.84 Å². The van der Waals surface area contributed by atoms with Crippen LogP contribution in [0.3, 0.4) is 0 Å². The van der Waals surface area contributed by atoms with Gasteiger partial charge in [0.05, 0.1) is 11.5 Å². The van der Waals surface area contributed by atoms with Gasteiger partial charge in [-0.25, -0.2) is 8.42 Å². The molecule has 1 aliphatic rings. The second kappa shape index (κ2) is 8.47. The number of hydrogen-bond acceptors (Lipinski definition) is 4. The van der Waals surface area contributed by atoms with Gasteiger partial charge in [-0.15, -0.1) is 0 Å². The van der Waals surface area contributed by atoms with E-state index in [9.17, 15) is 8.42 Å². The number of thiocarbonyl (C=S) groups is 1. The Morgan fingerprint density at radius 1 is 1.24 bits per heavy atom. The van der Waals surface area contributed by atoms with Gasteiger partial charge in [-0.3, -0.25) is 0 Å². The molecule has 1 saturated heterocycles. The van der Waals surface area contributed by atoms with Crippen LogP contribution in [0.15, 0.2) is 18.2 Å². The smallest absolute Gasteiger partial charge is 0.173 e. The molecule has 0 bridgehead atoms. The van der Waals surface area contributed by atoms with Crippen LogP contribution in [0.5, 0.6) is 0 Å². The van der Waals surface area contributed by atoms with Crippen LogP contribution in [0.2, 0.25) is 0 Å². The quantitative estimate of drug-likeness (QED) is 0.762. The minimum absolute atomic E-state index is 0.0290. The second-order valence-corrected chi connectivity index (χ2v) is 9.75. The van der Waals surface area contributed by atoms with E-state index in [1.165, 1.54) is 11.1 Å². The van der Waals surface area contributed by atoms with E-state index in [2.05, 4.69) is 41.1 Å². The lowest BCUT2D eigenvalue weighted by Crippen LogP contribution is -2.44. The molecule has 1 heterocycles. The highest BCUT2D eigenvalue weighted by Gasteiger charge is 2.33. The number of anilines is 1. The number of hydrogen-bond donors (Lipinski definition) is 1. The summed E-state index contributed by atoms with van der Waals surface area (Å²) >= 11 is 5.63. The SMILES string of the molecule is Cc1ccc(NC(=S)N(CCCN(C)C)[C@@H]2CCS(=O)(=O)C2)cc1C. The Bertz CT molecular complexity index is 717. The Hall–Kier alpha value is -1.18. The molecule has 0 spiro atoms. The van der Waals surface area contributed by atoms with Gasteiger partial charge in [0.25, 0.3) is 0 Å². The monoisotopic (exact) mass is 383 g/mol. The number of nitrogens with one attached hydrogen (secondary N) is 1. The van der Waals surface area contributed by atoms with Gasteiger partial charge in [-0.1, -0.05) is 6.07 Å². The lowest BCUT2D eigenvalue weighted by molar-refractivity contribution is 0.306. The van der Waals surface area contributed by atoms with Crippen molar-refractivity contribution in [2.24, 2.45) is 0 Å². The summed E-state index contributed by atoms with van der Waals surface area (Å²) in [5.41, 5.74) is 3.39. The predicted octanol–water partition coefficient (Wildman–Crippen LogP) is 2.44. The van der Waals surface area contributed by atoms with Crippen molar-refractivity contribution in [2.75, 3.05) is 44.0 Å². The van der Waals surface area contributed by atoms with Crippen molar-refractivity contribution in [2.45, 2.75) is 32.7 Å². The minimum atomic E-state index is -2.94. The molecular weight excluding hydrogens is 354 g/mol. The first-order chi connectivity index (χ1) is 11.7. The van der Waals surface area contributed by atoms with Crippen molar-refractivity contribution in [3.8, 4) is 0 Å². The molecule has 0 aromatic heterocycles. The molecule has 1 aliphatic heterocycles. The van der Waals surface area contributed by atoms with Crippen LogP contribution in [0.4, 0.5) is 5.69 Å². The molecule has 0 amide bonds. The third-order valence-electron chi connectivity index (χ3n) is 4.67. The molecule has 1 fully saturated rings. The molecule has 0 unspecified atom stereocenters. The van der Waals surface area contributed by atoms with Gasteiger partial charge in [0.1, 0.15) is 0 Å². The van der Waals surface area contributed by atoms with Gasteiger partial charge in [0.15, 0.2) is 14.9 Å². The summed E-state index contributed by atoms with van der Waals surface area (Å²) in [6.07, 6.45) is 1.59. The van der Waals surface area contributed by atoms with Gasteiger partial charge in [0, 0.05) is 18.3 Å². The minimum Gasteiger partial charge on any atom is -0.345 e. The van der Waals surface area contributed by atoms with Crippen LogP contribution in [0.25, 0.3) is 0 Å². The molecule has 5 nitrogen and oxygen atoms in total. The van der Waals surface area contributed by atoms with E-state index in [4.69, 9.17) is 12.2 Å². The van der Waals surface area contributed by atoms with Crippen LogP contribution < -0.4 is 5.32 Å². The largest absolute Gasteiger partial charge is 0.345 e. The Labute approximate surface area is 157 Å². The molecule has 0 aliphatic carbocycles. The molecule has 25 heavy (non-hydrogen) atoms. The average Bonchev–Trinajstić information content (AvgIpc) is 2.87. The van der Waals surface area contributed by atoms with Crippen LogP contribution in [0.1, 0.15) is 24.0 Å². The summed E-state index contributed by atoms with van der Waals surface area (Å²) in [5, 5.41) is 3.92. The number of nitrogens with zero attached hydrogens (tertiary/aromatic N) is 2. The van der Waals surface area contributed by atoms with E-state index in [0.29, 0.717) is 11.5 Å². The van der Waals surface area contributed by atoms with Crippen LogP contribution >= 0.6 is 12.2 Å². The Kier molecular flexibility index (Phi) is 6.82. The second-order valence-electron chi connectivity index (χ2n) is 7.14. The van der Waals surface area contributed by atoms with Gasteiger partial charge in [-0.05, 0) is 82.8 Å². The first-order valence-electron chi connectivity index (χ1n) is 8.68. The molecule has 1 aromatic rings. The summed E-state index contributed by atoms with van der Waals surface area (Å²) in [7, 11) is 1.14. The lowest BCUT2D eigenvalue weighted by Gasteiger charge is -2.31. The number of benzene rings is 1. The van der Waals surface area contributed by atoms with E-state index in [-0.39, 0.29) is 17.5 Å². The van der Waals surface area contributed by atoms with Gasteiger partial charge in [-0.2, -0.15) is 0 Å². The van der Waals surface area contributed by atoms with E-state index in [1.54, 1.807) is 0 Å². The third-order valence-corrected chi connectivity index (χ3v) is 6.76. The first kappa shape index (κ1) is 20.1. The number of sulfone groups is 1. The molecule has 140 valence electrons. The van der Waals surface area contributed by atoms with E-state index in [1.807, 2.05) is 20.2 Å². The maximum Gasteiger partial charge on any atom is 0.173 e. The molecule has 1 aromatic carbocycles. The van der Waals surface area contributed by atoms with Crippen molar-refractivity contribution in [1.82, 2.24) is 9.80 Å². The van der Waals surface area contributed by atoms with Crippen LogP contribution in [-0.2, 0) is 9.84 Å². The summed E-state index contributed by atoms with van der Waals surface area (Å²) in [4.78, 5) is 4.20. The highest BCUT2D eigenvalue weighted by atomic mass is 32.2. The summed E-state index contributed by atoms with van der Waals surface area (Å²) in [6.45, 7) is 5.85. The average molecular weight is 384 g/mol. The van der Waals surface area contributed by atoms with Gasteiger partial charge < -0.3 is 15.1 Å². The summed E-state index contributed by atoms with van der Waals surface area (Å²) in [6, 6.07) is 6.12. The molecule has 7 heteroatoms. The van der Waals surface area contributed by atoms with Crippen molar-refractivity contribution in [1.29, 1.82) is 0 Å². The Morgan fingerprint density at radius 3 is 2.52 bits per heavy atom. The van der Waals surface area contributed by atoms with Crippen molar-refractivity contribution < 1.29 is 8.42 Å². The van der Waals surface area contributed by atoms with Gasteiger partial charge in [0.2, 0.25) is 0 Å². The van der Waals surface area contributed by atoms with E-state index in [0.717, 1.165) is 25.2 Å². The van der Waals surface area contributed by atoms with Crippen molar-refractivity contribution in [3.63, 3.8) is 0 Å². The van der Waals surface area contributed by atoms with Crippen molar-refractivity contribution >= 4 is 32.9 Å². The molecule has 1 N–H and O–H groups in total. The zero-order valence-electron chi connectivity index (χ0n) is 15.6. The Balaban J connectivity index is 2.09. The van der Waals surface area contributed by atoms with Crippen LogP contribution in [-0.4, -0.2) is 68.1 Å². The van der Waals surface area contributed by atoms with Crippen molar-refractivity contribution in [3.05, 3.63) is 29.3 Å². The number of aryl methyl sites for hydroxylation is 2. The topological polar surface area (TPSA) is 52.6 Å². The molecule has 0 saturated carbocycles. The first-order valence-corrected chi connectivity index (χ1v) is 10.9. The standard InChI is InChI=1S/C18H29N3O2S2/c1-14-6-7-16(12-15(14)2)19-18(24)21(10-5-9-20(3)4)17-8-11-25(22,23)13-17/h6-7,12,17H,5,8-11,13H2,1-4H3,(H,19,24)/t17-/m1/s1. The Morgan fingerprint density at radius 2 is 1.96 bits per heavy atom. The maximum atomic E-state index is 11.9. The molecule has 0 radical (unpaired) electrons. The number of rotatable bonds is 6. The zero-order chi connectivity index (χ0) is 18.6.